The molecule has 84 valence electrons. The van der Waals surface area contributed by atoms with Crippen LogP contribution in [0.2, 0.25) is 0 Å². The summed E-state index contributed by atoms with van der Waals surface area (Å²) in [4.78, 5) is 11.8. The number of hydrogen-bond acceptors (Lipinski definition) is 3. The fraction of sp³-hybridized carbons (Fsp3) is 0.0769. The third-order valence-corrected chi connectivity index (χ3v) is 2.24. The summed E-state index contributed by atoms with van der Waals surface area (Å²) in [7, 11) is 0. The summed E-state index contributed by atoms with van der Waals surface area (Å²) in [6, 6.07) is 10.4. The zero-order chi connectivity index (χ0) is 12.3. The lowest BCUT2D eigenvalue weighted by molar-refractivity contribution is 0.102. The smallest absolute Gasteiger partial charge is 0.258 e. The van der Waals surface area contributed by atoms with Gasteiger partial charge in [-0.05, 0) is 31.2 Å². The van der Waals surface area contributed by atoms with Crippen LogP contribution < -0.4 is 5.32 Å². The van der Waals surface area contributed by atoms with Crippen LogP contribution in [0.3, 0.4) is 0 Å². The number of carbonyl (C=O) groups is 1. The van der Waals surface area contributed by atoms with Gasteiger partial charge >= 0.3 is 0 Å². The summed E-state index contributed by atoms with van der Waals surface area (Å²) in [5.41, 5.74) is 1.56. The maximum atomic E-state index is 11.8. The summed E-state index contributed by atoms with van der Waals surface area (Å²) in [6.45, 7) is 1.77. The first kappa shape index (κ1) is 11.0. The number of nitrogens with zero attached hydrogens (tertiary/aromatic N) is 1. The van der Waals surface area contributed by atoms with Gasteiger partial charge < -0.3 is 9.73 Å². The first-order valence-corrected chi connectivity index (χ1v) is 5.05. The molecule has 0 saturated carbocycles. The SMILES string of the molecule is Cc1cc(C(=O)Nc2cccc(C#N)c2)co1. The molecule has 1 aromatic heterocycles. The Morgan fingerprint density at radius 1 is 1.41 bits per heavy atom. The molecule has 0 aliphatic carbocycles. The molecule has 1 N–H and O–H groups in total. The number of carbonyl (C=O) groups excluding carboxylic acids is 1. The second-order valence-corrected chi connectivity index (χ2v) is 3.59. The van der Waals surface area contributed by atoms with Crippen molar-refractivity contribution in [1.29, 1.82) is 5.26 Å². The van der Waals surface area contributed by atoms with Crippen molar-refractivity contribution in [3.8, 4) is 6.07 Å². The van der Waals surface area contributed by atoms with Crippen LogP contribution in [-0.4, -0.2) is 5.91 Å². The van der Waals surface area contributed by atoms with Crippen molar-refractivity contribution in [2.45, 2.75) is 6.92 Å². The Morgan fingerprint density at radius 2 is 2.24 bits per heavy atom. The Kier molecular flexibility index (Phi) is 2.93. The third kappa shape index (κ3) is 2.52. The molecule has 0 bridgehead atoms. The average Bonchev–Trinajstić information content (AvgIpc) is 2.76. The van der Waals surface area contributed by atoms with Gasteiger partial charge in [0.25, 0.3) is 5.91 Å². The van der Waals surface area contributed by atoms with Gasteiger partial charge in [-0.15, -0.1) is 0 Å². The molecule has 4 heteroatoms. The van der Waals surface area contributed by atoms with Crippen molar-refractivity contribution in [1.82, 2.24) is 0 Å². The largest absolute Gasteiger partial charge is 0.469 e. The van der Waals surface area contributed by atoms with E-state index in [-0.39, 0.29) is 5.91 Å². The number of hydrogen-bond donors (Lipinski definition) is 1. The molecule has 4 nitrogen and oxygen atoms in total. The van der Waals surface area contributed by atoms with Crippen LogP contribution >= 0.6 is 0 Å². The van der Waals surface area contributed by atoms with E-state index in [0.717, 1.165) is 0 Å². The van der Waals surface area contributed by atoms with Crippen LogP contribution in [0.25, 0.3) is 0 Å². The van der Waals surface area contributed by atoms with Crippen molar-refractivity contribution in [3.63, 3.8) is 0 Å². The van der Waals surface area contributed by atoms with Gasteiger partial charge in [0.15, 0.2) is 0 Å². The maximum Gasteiger partial charge on any atom is 0.258 e. The molecule has 2 rings (SSSR count). The Morgan fingerprint density at radius 3 is 2.88 bits per heavy atom. The summed E-state index contributed by atoms with van der Waals surface area (Å²) in [5.74, 6) is 0.429. The average molecular weight is 226 g/mol. The molecular weight excluding hydrogens is 216 g/mol. The van der Waals surface area contributed by atoms with E-state index in [0.29, 0.717) is 22.6 Å². The number of nitrogens with one attached hydrogen (secondary N) is 1. The standard InChI is InChI=1S/C13H10N2O2/c1-9-5-11(8-17-9)13(16)15-12-4-2-3-10(6-12)7-14/h2-6,8H,1H3,(H,15,16). The van der Waals surface area contributed by atoms with Gasteiger partial charge in [-0.3, -0.25) is 4.79 Å². The lowest BCUT2D eigenvalue weighted by atomic mass is 10.2. The minimum Gasteiger partial charge on any atom is -0.469 e. The normalized spacial score (nSPS) is 9.65. The zero-order valence-electron chi connectivity index (χ0n) is 9.23. The van der Waals surface area contributed by atoms with E-state index < -0.39 is 0 Å². The molecule has 1 amide bonds. The summed E-state index contributed by atoms with van der Waals surface area (Å²) >= 11 is 0. The van der Waals surface area contributed by atoms with Crippen LogP contribution in [-0.2, 0) is 0 Å². The van der Waals surface area contributed by atoms with E-state index >= 15 is 0 Å². The van der Waals surface area contributed by atoms with E-state index in [1.54, 1.807) is 37.3 Å². The van der Waals surface area contributed by atoms with Crippen molar-refractivity contribution >= 4 is 11.6 Å². The molecule has 0 aliphatic rings. The van der Waals surface area contributed by atoms with Crippen molar-refractivity contribution in [3.05, 3.63) is 53.5 Å². The highest BCUT2D eigenvalue weighted by Crippen LogP contribution is 2.13. The quantitative estimate of drug-likeness (QED) is 0.856. The minimum atomic E-state index is -0.253. The predicted octanol–water partition coefficient (Wildman–Crippen LogP) is 2.71. The first-order valence-electron chi connectivity index (χ1n) is 5.05. The highest BCUT2D eigenvalue weighted by atomic mass is 16.3. The van der Waals surface area contributed by atoms with E-state index in [1.807, 2.05) is 6.07 Å². The topological polar surface area (TPSA) is 66.0 Å². The van der Waals surface area contributed by atoms with Crippen molar-refractivity contribution in [2.75, 3.05) is 5.32 Å². The number of nitriles is 1. The number of rotatable bonds is 2. The molecule has 0 spiro atoms. The minimum absolute atomic E-state index is 0.253. The molecule has 2 aromatic rings. The molecule has 0 saturated heterocycles. The molecule has 0 unspecified atom stereocenters. The Bertz CT molecular complexity index is 593. The first-order chi connectivity index (χ1) is 8.19. The lowest BCUT2D eigenvalue weighted by Gasteiger charge is -2.02. The van der Waals surface area contributed by atoms with E-state index in [4.69, 9.17) is 9.68 Å². The van der Waals surface area contributed by atoms with Crippen LogP contribution in [0.1, 0.15) is 21.7 Å². The third-order valence-electron chi connectivity index (χ3n) is 2.24. The molecule has 1 aromatic carbocycles. The molecule has 1 heterocycles. The van der Waals surface area contributed by atoms with Gasteiger partial charge in [-0.1, -0.05) is 6.07 Å². The maximum absolute atomic E-state index is 11.8. The molecular formula is C13H10N2O2. The van der Waals surface area contributed by atoms with Crippen LogP contribution in [0.5, 0.6) is 0 Å². The van der Waals surface area contributed by atoms with Crippen molar-refractivity contribution < 1.29 is 9.21 Å². The van der Waals surface area contributed by atoms with Gasteiger partial charge in [-0.2, -0.15) is 5.26 Å². The molecule has 0 fully saturated rings. The molecule has 17 heavy (non-hydrogen) atoms. The number of furan rings is 1. The predicted molar refractivity (Wildman–Crippen MR) is 62.6 cm³/mol. The summed E-state index contributed by atoms with van der Waals surface area (Å²) in [5, 5.41) is 11.4. The van der Waals surface area contributed by atoms with Gasteiger partial charge in [0.05, 0.1) is 17.2 Å². The Hall–Kier alpha value is -2.54. The second kappa shape index (κ2) is 4.54. The van der Waals surface area contributed by atoms with E-state index in [9.17, 15) is 4.79 Å². The second-order valence-electron chi connectivity index (χ2n) is 3.59. The van der Waals surface area contributed by atoms with Gasteiger partial charge in [0, 0.05) is 5.69 Å². The number of amides is 1. The number of benzene rings is 1. The Labute approximate surface area is 98.5 Å². The van der Waals surface area contributed by atoms with E-state index in [1.165, 1.54) is 6.26 Å². The van der Waals surface area contributed by atoms with Crippen LogP contribution in [0.15, 0.2) is 41.0 Å². The van der Waals surface area contributed by atoms with Gasteiger partial charge in [0.1, 0.15) is 12.0 Å². The lowest BCUT2D eigenvalue weighted by Crippen LogP contribution is -2.10. The van der Waals surface area contributed by atoms with Crippen LogP contribution in [0, 0.1) is 18.3 Å². The highest BCUT2D eigenvalue weighted by Gasteiger charge is 2.08. The fourth-order valence-electron chi connectivity index (χ4n) is 1.43. The molecule has 0 radical (unpaired) electrons. The van der Waals surface area contributed by atoms with Crippen LogP contribution in [0.4, 0.5) is 5.69 Å². The van der Waals surface area contributed by atoms with Crippen molar-refractivity contribution in [2.24, 2.45) is 0 Å². The highest BCUT2D eigenvalue weighted by molar-refractivity contribution is 6.04. The molecule has 0 aliphatic heterocycles. The number of aryl methyl sites for hydroxylation is 1. The molecule has 0 atom stereocenters. The van der Waals surface area contributed by atoms with Gasteiger partial charge in [-0.25, -0.2) is 0 Å². The zero-order valence-corrected chi connectivity index (χ0v) is 9.23. The van der Waals surface area contributed by atoms with E-state index in [2.05, 4.69) is 5.32 Å². The summed E-state index contributed by atoms with van der Waals surface area (Å²) < 4.78 is 5.06. The van der Waals surface area contributed by atoms with Gasteiger partial charge in [0.2, 0.25) is 0 Å². The Balaban J connectivity index is 2.16. The number of anilines is 1. The fourth-order valence-corrected chi connectivity index (χ4v) is 1.43. The summed E-state index contributed by atoms with van der Waals surface area (Å²) in [6.07, 6.45) is 1.40. The monoisotopic (exact) mass is 226 g/mol.